The summed E-state index contributed by atoms with van der Waals surface area (Å²) in [6.45, 7) is 7.89. The topological polar surface area (TPSA) is 76.4 Å². The number of ether oxygens (including phenoxy) is 1. The van der Waals surface area contributed by atoms with Crippen molar-refractivity contribution in [1.29, 1.82) is 0 Å². The smallest absolute Gasteiger partial charge is 0.276 e. The number of benzene rings is 2. The van der Waals surface area contributed by atoms with Crippen molar-refractivity contribution in [2.24, 2.45) is 0 Å². The molecule has 0 fully saturated rings. The molecule has 0 aliphatic rings. The average Bonchev–Trinajstić information content (AvgIpc) is 3.12. The van der Waals surface area contributed by atoms with Crippen LogP contribution in [0.25, 0.3) is 0 Å². The summed E-state index contributed by atoms with van der Waals surface area (Å²) in [6.07, 6.45) is 1.68. The number of phenols is 1. The van der Waals surface area contributed by atoms with E-state index >= 15 is 0 Å². The highest BCUT2D eigenvalue weighted by Gasteiger charge is 2.15. The number of aromatic nitrogens is 2. The van der Waals surface area contributed by atoms with Crippen molar-refractivity contribution in [3.8, 4) is 11.5 Å². The monoisotopic (exact) mass is 413 g/mol. The van der Waals surface area contributed by atoms with Gasteiger partial charge in [0.1, 0.15) is 11.5 Å². The largest absolute Gasteiger partial charge is 0.508 e. The SMILES string of the molecule is Cc1cc(O)c(C(C)C)cc1NC(=O)c1ccn(COc2ccc(Cl)cc2C)n1. The minimum atomic E-state index is -0.324. The van der Waals surface area contributed by atoms with Gasteiger partial charge in [-0.15, -0.1) is 0 Å². The van der Waals surface area contributed by atoms with E-state index in [0.717, 1.165) is 16.7 Å². The minimum absolute atomic E-state index is 0.138. The number of nitrogens with one attached hydrogen (secondary N) is 1. The van der Waals surface area contributed by atoms with E-state index in [0.29, 0.717) is 16.5 Å². The highest BCUT2D eigenvalue weighted by molar-refractivity contribution is 6.30. The van der Waals surface area contributed by atoms with E-state index in [-0.39, 0.29) is 30.0 Å². The molecule has 1 aromatic heterocycles. The number of carbonyl (C=O) groups excluding carboxylic acids is 1. The van der Waals surface area contributed by atoms with Crippen LogP contribution >= 0.6 is 11.6 Å². The number of phenolic OH excluding ortho intramolecular Hbond substituents is 1. The molecule has 0 unspecified atom stereocenters. The van der Waals surface area contributed by atoms with E-state index in [2.05, 4.69) is 10.4 Å². The molecular formula is C22H24ClN3O3. The molecule has 2 N–H and O–H groups in total. The molecule has 29 heavy (non-hydrogen) atoms. The molecule has 1 amide bonds. The van der Waals surface area contributed by atoms with Crippen LogP contribution in [0.4, 0.5) is 5.69 Å². The molecule has 0 aliphatic carbocycles. The summed E-state index contributed by atoms with van der Waals surface area (Å²) in [5.41, 5.74) is 3.41. The molecule has 0 radical (unpaired) electrons. The lowest BCUT2D eigenvalue weighted by atomic mass is 9.99. The molecule has 6 nitrogen and oxygen atoms in total. The molecule has 0 saturated carbocycles. The first-order chi connectivity index (χ1) is 13.7. The normalized spacial score (nSPS) is 11.0. The molecule has 1 heterocycles. The number of aromatic hydroxyl groups is 1. The molecule has 0 saturated heterocycles. The van der Waals surface area contributed by atoms with Crippen LogP contribution in [0.5, 0.6) is 11.5 Å². The van der Waals surface area contributed by atoms with Crippen molar-refractivity contribution >= 4 is 23.2 Å². The molecular weight excluding hydrogens is 390 g/mol. The van der Waals surface area contributed by atoms with Gasteiger partial charge >= 0.3 is 0 Å². The number of anilines is 1. The van der Waals surface area contributed by atoms with Crippen molar-refractivity contribution < 1.29 is 14.6 Å². The third kappa shape index (κ3) is 4.90. The van der Waals surface area contributed by atoms with Gasteiger partial charge < -0.3 is 15.2 Å². The van der Waals surface area contributed by atoms with Crippen LogP contribution in [0.3, 0.4) is 0 Å². The van der Waals surface area contributed by atoms with E-state index in [1.807, 2.05) is 33.8 Å². The molecule has 0 spiro atoms. The van der Waals surface area contributed by atoms with Gasteiger partial charge in [0.15, 0.2) is 12.4 Å². The van der Waals surface area contributed by atoms with Gasteiger partial charge in [0, 0.05) is 16.9 Å². The Labute approximate surface area is 175 Å². The van der Waals surface area contributed by atoms with Crippen LogP contribution in [0.1, 0.15) is 46.9 Å². The molecule has 0 atom stereocenters. The molecule has 0 aliphatic heterocycles. The standard InChI is InChI=1S/C22H24ClN3O3/c1-13(2)17-11-19(14(3)10-20(17)27)24-22(28)18-7-8-26(25-18)12-29-21-6-5-16(23)9-15(21)4/h5-11,13,27H,12H2,1-4H3,(H,24,28). The Morgan fingerprint density at radius 1 is 1.21 bits per heavy atom. The number of hydrogen-bond donors (Lipinski definition) is 2. The Kier molecular flexibility index (Phi) is 6.13. The quantitative estimate of drug-likeness (QED) is 0.539. The minimum Gasteiger partial charge on any atom is -0.508 e. The van der Waals surface area contributed by atoms with Crippen LogP contribution in [-0.2, 0) is 6.73 Å². The fourth-order valence-corrected chi connectivity index (χ4v) is 3.18. The van der Waals surface area contributed by atoms with Crippen molar-refractivity contribution in [2.75, 3.05) is 5.32 Å². The maximum Gasteiger partial charge on any atom is 0.276 e. The summed E-state index contributed by atoms with van der Waals surface area (Å²) in [7, 11) is 0. The number of amides is 1. The Hall–Kier alpha value is -2.99. The van der Waals surface area contributed by atoms with Gasteiger partial charge in [-0.05, 0) is 72.9 Å². The van der Waals surface area contributed by atoms with E-state index in [1.54, 1.807) is 41.2 Å². The van der Waals surface area contributed by atoms with Gasteiger partial charge in [-0.2, -0.15) is 5.10 Å². The second-order valence-electron chi connectivity index (χ2n) is 7.26. The first-order valence-corrected chi connectivity index (χ1v) is 9.69. The third-order valence-electron chi connectivity index (χ3n) is 4.61. The Bertz CT molecular complexity index is 1040. The molecule has 3 rings (SSSR count). The first-order valence-electron chi connectivity index (χ1n) is 9.32. The molecule has 3 aromatic rings. The number of hydrogen-bond acceptors (Lipinski definition) is 4. The van der Waals surface area contributed by atoms with Crippen LogP contribution in [-0.4, -0.2) is 20.8 Å². The zero-order valence-electron chi connectivity index (χ0n) is 16.9. The van der Waals surface area contributed by atoms with Crippen molar-refractivity contribution in [1.82, 2.24) is 9.78 Å². The molecule has 7 heteroatoms. The van der Waals surface area contributed by atoms with E-state index in [1.165, 1.54) is 0 Å². The van der Waals surface area contributed by atoms with E-state index < -0.39 is 0 Å². The molecule has 2 aromatic carbocycles. The van der Waals surface area contributed by atoms with Crippen LogP contribution < -0.4 is 10.1 Å². The summed E-state index contributed by atoms with van der Waals surface area (Å²) < 4.78 is 7.29. The number of halogens is 1. The van der Waals surface area contributed by atoms with Gasteiger partial charge in [0.25, 0.3) is 5.91 Å². The fraction of sp³-hybridized carbons (Fsp3) is 0.273. The lowest BCUT2D eigenvalue weighted by molar-refractivity contribution is 0.102. The molecule has 0 bridgehead atoms. The van der Waals surface area contributed by atoms with Crippen molar-refractivity contribution in [3.05, 3.63) is 70.0 Å². The van der Waals surface area contributed by atoms with Crippen LogP contribution in [0.15, 0.2) is 42.6 Å². The highest BCUT2D eigenvalue weighted by atomic mass is 35.5. The molecule has 152 valence electrons. The van der Waals surface area contributed by atoms with Gasteiger partial charge in [-0.3, -0.25) is 4.79 Å². The first kappa shape index (κ1) is 20.7. The van der Waals surface area contributed by atoms with E-state index in [9.17, 15) is 9.90 Å². The summed E-state index contributed by atoms with van der Waals surface area (Å²) in [5.74, 6) is 0.750. The predicted octanol–water partition coefficient (Wildman–Crippen LogP) is 5.27. The Morgan fingerprint density at radius 3 is 2.66 bits per heavy atom. The van der Waals surface area contributed by atoms with Crippen LogP contribution in [0.2, 0.25) is 5.02 Å². The zero-order valence-corrected chi connectivity index (χ0v) is 17.6. The summed E-state index contributed by atoms with van der Waals surface area (Å²) in [6, 6.07) is 10.5. The highest BCUT2D eigenvalue weighted by Crippen LogP contribution is 2.31. The maximum absolute atomic E-state index is 12.6. The number of rotatable bonds is 6. The number of aryl methyl sites for hydroxylation is 2. The van der Waals surface area contributed by atoms with Gasteiger partial charge in [-0.25, -0.2) is 4.68 Å². The summed E-state index contributed by atoms with van der Waals surface area (Å²) in [4.78, 5) is 12.6. The summed E-state index contributed by atoms with van der Waals surface area (Å²) >= 11 is 5.95. The van der Waals surface area contributed by atoms with Crippen LogP contribution in [0, 0.1) is 13.8 Å². The summed E-state index contributed by atoms with van der Waals surface area (Å²) in [5, 5.41) is 17.9. The Morgan fingerprint density at radius 2 is 1.97 bits per heavy atom. The van der Waals surface area contributed by atoms with Crippen molar-refractivity contribution in [2.45, 2.75) is 40.3 Å². The van der Waals surface area contributed by atoms with E-state index in [4.69, 9.17) is 16.3 Å². The zero-order chi connectivity index (χ0) is 21.1. The van der Waals surface area contributed by atoms with Crippen molar-refractivity contribution in [3.63, 3.8) is 0 Å². The third-order valence-corrected chi connectivity index (χ3v) is 4.84. The lowest BCUT2D eigenvalue weighted by Gasteiger charge is -2.14. The van der Waals surface area contributed by atoms with Gasteiger partial charge in [-0.1, -0.05) is 25.4 Å². The lowest BCUT2D eigenvalue weighted by Crippen LogP contribution is -2.15. The number of nitrogens with zero attached hydrogens (tertiary/aromatic N) is 2. The fourth-order valence-electron chi connectivity index (χ4n) is 2.96. The second kappa shape index (κ2) is 8.57. The second-order valence-corrected chi connectivity index (χ2v) is 7.69. The van der Waals surface area contributed by atoms with Gasteiger partial charge in [0.2, 0.25) is 0 Å². The Balaban J connectivity index is 1.69. The van der Waals surface area contributed by atoms with Gasteiger partial charge in [0.05, 0.1) is 0 Å². The average molecular weight is 414 g/mol. The number of carbonyl (C=O) groups is 1. The predicted molar refractivity (Wildman–Crippen MR) is 114 cm³/mol. The maximum atomic E-state index is 12.6.